The minimum atomic E-state index is -0.00351. The van der Waals surface area contributed by atoms with Crippen LogP contribution in [0.4, 0.5) is 11.4 Å². The summed E-state index contributed by atoms with van der Waals surface area (Å²) in [4.78, 5) is 20.0. The van der Waals surface area contributed by atoms with Gasteiger partial charge in [0.1, 0.15) is 0 Å². The Balaban J connectivity index is 1.37. The highest BCUT2D eigenvalue weighted by Crippen LogP contribution is 2.36. The van der Waals surface area contributed by atoms with Crippen molar-refractivity contribution in [1.82, 2.24) is 9.80 Å². The van der Waals surface area contributed by atoms with Gasteiger partial charge in [0.2, 0.25) is 5.91 Å². The number of anilines is 2. The average molecular weight is 358 g/mol. The van der Waals surface area contributed by atoms with Crippen LogP contribution in [-0.4, -0.2) is 81.3 Å². The van der Waals surface area contributed by atoms with Gasteiger partial charge in [-0.2, -0.15) is 0 Å². The molecule has 4 rings (SSSR count). The molecule has 6 nitrogen and oxygen atoms in total. The number of nitrogens with one attached hydrogen (secondary N) is 1. The summed E-state index contributed by atoms with van der Waals surface area (Å²) >= 11 is 0. The van der Waals surface area contributed by atoms with Crippen molar-refractivity contribution in [3.8, 4) is 0 Å². The molecule has 6 heteroatoms. The number of nitrogens with zero attached hydrogens (tertiary/aromatic N) is 3. The molecule has 3 aliphatic rings. The lowest BCUT2D eigenvalue weighted by molar-refractivity contribution is -0.123. The molecule has 2 heterocycles. The van der Waals surface area contributed by atoms with Gasteiger partial charge in [-0.25, -0.2) is 0 Å². The fraction of sp³-hybridized carbons (Fsp3) is 0.650. The molecule has 0 spiro atoms. The molecule has 2 saturated heterocycles. The van der Waals surface area contributed by atoms with E-state index in [2.05, 4.69) is 39.2 Å². The molecule has 1 aromatic rings. The number of ether oxygens (including phenoxy) is 1. The van der Waals surface area contributed by atoms with Crippen LogP contribution in [0.1, 0.15) is 12.8 Å². The molecule has 3 fully saturated rings. The molecule has 26 heavy (non-hydrogen) atoms. The number of piperazine rings is 1. The van der Waals surface area contributed by atoms with Gasteiger partial charge in [0.25, 0.3) is 0 Å². The molecular weight excluding hydrogens is 328 g/mol. The highest BCUT2D eigenvalue weighted by molar-refractivity contribution is 5.95. The zero-order valence-corrected chi connectivity index (χ0v) is 15.7. The number of rotatable bonds is 5. The maximum atomic E-state index is 12.9. The van der Waals surface area contributed by atoms with E-state index in [1.54, 1.807) is 0 Å². The lowest BCUT2D eigenvalue weighted by atomic mass is 10.1. The first kappa shape index (κ1) is 17.8. The van der Waals surface area contributed by atoms with Crippen LogP contribution in [0.3, 0.4) is 0 Å². The molecular formula is C20H30N4O2. The number of morpholine rings is 1. The van der Waals surface area contributed by atoms with Crippen molar-refractivity contribution >= 4 is 17.3 Å². The van der Waals surface area contributed by atoms with Crippen LogP contribution in [0.25, 0.3) is 0 Å². The second-order valence-corrected chi connectivity index (χ2v) is 7.76. The second-order valence-electron chi connectivity index (χ2n) is 7.76. The number of benzene rings is 1. The first-order valence-corrected chi connectivity index (χ1v) is 9.87. The van der Waals surface area contributed by atoms with Crippen LogP contribution in [0.15, 0.2) is 24.3 Å². The van der Waals surface area contributed by atoms with Crippen LogP contribution in [-0.2, 0) is 9.53 Å². The number of hydrogen-bond donors (Lipinski definition) is 1. The average Bonchev–Trinajstić information content (AvgIpc) is 3.49. The minimum Gasteiger partial charge on any atom is -0.379 e. The van der Waals surface area contributed by atoms with E-state index in [1.165, 1.54) is 5.69 Å². The second kappa shape index (κ2) is 7.94. The van der Waals surface area contributed by atoms with Crippen molar-refractivity contribution in [1.29, 1.82) is 0 Å². The fourth-order valence-electron chi connectivity index (χ4n) is 3.98. The molecule has 1 aliphatic carbocycles. The Labute approximate surface area is 156 Å². The van der Waals surface area contributed by atoms with Gasteiger partial charge in [-0.05, 0) is 50.1 Å². The van der Waals surface area contributed by atoms with Crippen molar-refractivity contribution in [3.63, 3.8) is 0 Å². The van der Waals surface area contributed by atoms with E-state index < -0.39 is 0 Å². The Morgan fingerprint density at radius 2 is 1.69 bits per heavy atom. The maximum absolute atomic E-state index is 12.9. The summed E-state index contributed by atoms with van der Waals surface area (Å²) in [7, 11) is 2.17. The van der Waals surface area contributed by atoms with Crippen LogP contribution in [0.2, 0.25) is 0 Å². The van der Waals surface area contributed by atoms with E-state index in [0.717, 1.165) is 71.0 Å². The maximum Gasteiger partial charge on any atom is 0.242 e. The molecule has 0 aromatic heterocycles. The molecule has 0 bridgehead atoms. The topological polar surface area (TPSA) is 48.0 Å². The molecule has 1 aromatic carbocycles. The van der Waals surface area contributed by atoms with Gasteiger partial charge >= 0.3 is 0 Å². The quantitative estimate of drug-likeness (QED) is 0.864. The molecule has 0 radical (unpaired) electrons. The minimum absolute atomic E-state index is 0.00351. The van der Waals surface area contributed by atoms with Gasteiger partial charge in [0.05, 0.1) is 19.3 Å². The van der Waals surface area contributed by atoms with E-state index in [0.29, 0.717) is 5.92 Å². The van der Waals surface area contributed by atoms with Crippen molar-refractivity contribution < 1.29 is 9.53 Å². The van der Waals surface area contributed by atoms with Crippen LogP contribution >= 0.6 is 0 Å². The normalized spacial score (nSPS) is 23.7. The lowest BCUT2D eigenvalue weighted by Crippen LogP contribution is -2.50. The van der Waals surface area contributed by atoms with Crippen molar-refractivity contribution in [2.24, 2.45) is 5.92 Å². The van der Waals surface area contributed by atoms with Gasteiger partial charge in [-0.1, -0.05) is 0 Å². The van der Waals surface area contributed by atoms with Gasteiger partial charge in [0, 0.05) is 50.6 Å². The molecule has 1 amide bonds. The number of likely N-dealkylation sites (N-methyl/N-ethyl adjacent to an activating group) is 1. The summed E-state index contributed by atoms with van der Waals surface area (Å²) in [6.45, 7) is 7.49. The first-order chi connectivity index (χ1) is 12.7. The van der Waals surface area contributed by atoms with E-state index in [4.69, 9.17) is 4.74 Å². The smallest absolute Gasteiger partial charge is 0.242 e. The molecule has 1 atom stereocenters. The highest BCUT2D eigenvalue weighted by atomic mass is 16.5. The zero-order chi connectivity index (χ0) is 17.9. The molecule has 1 unspecified atom stereocenters. The summed E-state index contributed by atoms with van der Waals surface area (Å²) in [6, 6.07) is 8.32. The standard InChI is InChI=1S/C20H30N4O2/c1-22-8-10-23(11-9-22)18-6-4-17(5-7-18)21-20(25)19(16-2-3-16)24-12-14-26-15-13-24/h4-7,16,19H,2-3,8-15H2,1H3,(H,21,25). The highest BCUT2D eigenvalue weighted by Gasteiger charge is 2.40. The predicted molar refractivity (Wildman–Crippen MR) is 104 cm³/mol. The van der Waals surface area contributed by atoms with Crippen molar-refractivity contribution in [2.75, 3.05) is 69.7 Å². The van der Waals surface area contributed by atoms with Crippen LogP contribution in [0.5, 0.6) is 0 Å². The van der Waals surface area contributed by atoms with Crippen molar-refractivity contribution in [2.45, 2.75) is 18.9 Å². The SMILES string of the molecule is CN1CCN(c2ccc(NC(=O)C(C3CC3)N3CCOCC3)cc2)CC1. The number of carbonyl (C=O) groups is 1. The summed E-state index contributed by atoms with van der Waals surface area (Å²) in [5, 5.41) is 3.15. The molecule has 1 N–H and O–H groups in total. The molecule has 142 valence electrons. The summed E-state index contributed by atoms with van der Waals surface area (Å²) < 4.78 is 5.44. The van der Waals surface area contributed by atoms with Gasteiger partial charge in [-0.3, -0.25) is 9.69 Å². The zero-order valence-electron chi connectivity index (χ0n) is 15.7. The third kappa shape index (κ3) is 4.19. The fourth-order valence-corrected chi connectivity index (χ4v) is 3.98. The summed E-state index contributed by atoms with van der Waals surface area (Å²) in [6.07, 6.45) is 2.33. The van der Waals surface area contributed by atoms with E-state index in [1.807, 2.05) is 12.1 Å². The Hall–Kier alpha value is -1.63. The Morgan fingerprint density at radius 3 is 2.31 bits per heavy atom. The largest absolute Gasteiger partial charge is 0.379 e. The number of amides is 1. The first-order valence-electron chi connectivity index (χ1n) is 9.87. The third-order valence-electron chi connectivity index (χ3n) is 5.78. The van der Waals surface area contributed by atoms with Gasteiger partial charge < -0.3 is 19.9 Å². The predicted octanol–water partition coefficient (Wildman–Crippen LogP) is 1.49. The molecule has 1 saturated carbocycles. The van der Waals surface area contributed by atoms with Crippen LogP contribution in [0, 0.1) is 5.92 Å². The van der Waals surface area contributed by atoms with Crippen LogP contribution < -0.4 is 10.2 Å². The Bertz CT molecular complexity index is 603. The van der Waals surface area contributed by atoms with Gasteiger partial charge in [-0.15, -0.1) is 0 Å². The van der Waals surface area contributed by atoms with Gasteiger partial charge in [0.15, 0.2) is 0 Å². The van der Waals surface area contributed by atoms with E-state index >= 15 is 0 Å². The number of hydrogen-bond acceptors (Lipinski definition) is 5. The van der Waals surface area contributed by atoms with E-state index in [-0.39, 0.29) is 11.9 Å². The monoisotopic (exact) mass is 358 g/mol. The number of carbonyl (C=O) groups excluding carboxylic acids is 1. The molecule has 2 aliphatic heterocycles. The third-order valence-corrected chi connectivity index (χ3v) is 5.78. The summed E-state index contributed by atoms with van der Waals surface area (Å²) in [5.74, 6) is 0.652. The van der Waals surface area contributed by atoms with Crippen molar-refractivity contribution in [3.05, 3.63) is 24.3 Å². The summed E-state index contributed by atoms with van der Waals surface area (Å²) in [5.41, 5.74) is 2.13. The van der Waals surface area contributed by atoms with E-state index in [9.17, 15) is 4.79 Å². The lowest BCUT2D eigenvalue weighted by Gasteiger charge is -2.34. The Kier molecular flexibility index (Phi) is 5.43. The Morgan fingerprint density at radius 1 is 1.04 bits per heavy atom.